The molecule has 1 aromatic carbocycles. The summed E-state index contributed by atoms with van der Waals surface area (Å²) in [5.41, 5.74) is 3.70. The third kappa shape index (κ3) is 3.33. The maximum atomic E-state index is 3.58. The lowest BCUT2D eigenvalue weighted by Gasteiger charge is -2.09. The fourth-order valence-corrected chi connectivity index (χ4v) is 3.30. The molecule has 1 aromatic heterocycles. The highest BCUT2D eigenvalue weighted by Gasteiger charge is 2.03. The Hall–Kier alpha value is -0.320. The highest BCUT2D eigenvalue weighted by atomic mass is 79.9. The van der Waals surface area contributed by atoms with Gasteiger partial charge in [-0.3, -0.25) is 0 Å². The van der Waals surface area contributed by atoms with Crippen LogP contribution in [-0.2, 0) is 6.54 Å². The minimum Gasteiger partial charge on any atom is -0.380 e. The molecule has 0 atom stereocenters. The minimum atomic E-state index is 0.872. The zero-order chi connectivity index (χ0) is 12.4. The number of aryl methyl sites for hydroxylation is 2. The standard InChI is InChI=1S/C13H13Br2NS/c1-8-3-11(4-9(2)13(8)15)16-6-12-5-10(14)7-17-12/h3-5,7,16H,6H2,1-2H3. The highest BCUT2D eigenvalue weighted by Crippen LogP contribution is 2.26. The molecule has 0 saturated carbocycles. The number of halogens is 2. The van der Waals surface area contributed by atoms with Crippen LogP contribution in [-0.4, -0.2) is 0 Å². The molecule has 1 nitrogen and oxygen atoms in total. The van der Waals surface area contributed by atoms with Crippen molar-refractivity contribution < 1.29 is 0 Å². The maximum Gasteiger partial charge on any atom is 0.0494 e. The van der Waals surface area contributed by atoms with E-state index in [2.05, 4.69) is 74.6 Å². The molecular formula is C13H13Br2NS. The number of benzene rings is 1. The van der Waals surface area contributed by atoms with Crippen molar-refractivity contribution in [2.24, 2.45) is 0 Å². The normalized spacial score (nSPS) is 10.6. The largest absolute Gasteiger partial charge is 0.380 e. The van der Waals surface area contributed by atoms with Gasteiger partial charge in [0, 0.05) is 31.4 Å². The lowest BCUT2D eigenvalue weighted by atomic mass is 10.1. The minimum absolute atomic E-state index is 0.872. The molecule has 0 aliphatic heterocycles. The number of hydrogen-bond donors (Lipinski definition) is 1. The van der Waals surface area contributed by atoms with E-state index >= 15 is 0 Å². The van der Waals surface area contributed by atoms with Crippen LogP contribution in [0.15, 0.2) is 32.5 Å². The molecule has 17 heavy (non-hydrogen) atoms. The number of hydrogen-bond acceptors (Lipinski definition) is 2. The molecule has 2 aromatic rings. The zero-order valence-electron chi connectivity index (χ0n) is 9.68. The van der Waals surface area contributed by atoms with E-state index in [0.717, 1.165) is 11.0 Å². The van der Waals surface area contributed by atoms with Gasteiger partial charge in [-0.05, 0) is 59.1 Å². The molecule has 1 N–H and O–H groups in total. The number of nitrogens with one attached hydrogen (secondary N) is 1. The van der Waals surface area contributed by atoms with Crippen molar-refractivity contribution in [3.63, 3.8) is 0 Å². The van der Waals surface area contributed by atoms with Crippen molar-refractivity contribution in [2.75, 3.05) is 5.32 Å². The summed E-state index contributed by atoms with van der Waals surface area (Å²) in [6.07, 6.45) is 0. The van der Waals surface area contributed by atoms with E-state index in [1.165, 1.54) is 26.2 Å². The molecule has 0 spiro atoms. The lowest BCUT2D eigenvalue weighted by Crippen LogP contribution is -1.98. The lowest BCUT2D eigenvalue weighted by molar-refractivity contribution is 1.18. The molecule has 0 unspecified atom stereocenters. The van der Waals surface area contributed by atoms with Crippen molar-refractivity contribution in [1.29, 1.82) is 0 Å². The van der Waals surface area contributed by atoms with Gasteiger partial charge in [0.15, 0.2) is 0 Å². The van der Waals surface area contributed by atoms with Crippen molar-refractivity contribution in [2.45, 2.75) is 20.4 Å². The molecular weight excluding hydrogens is 362 g/mol. The Kier molecular flexibility index (Phi) is 4.28. The summed E-state index contributed by atoms with van der Waals surface area (Å²) in [4.78, 5) is 1.33. The highest BCUT2D eigenvalue weighted by molar-refractivity contribution is 9.10. The second-order valence-electron chi connectivity index (χ2n) is 4.01. The van der Waals surface area contributed by atoms with E-state index in [4.69, 9.17) is 0 Å². The van der Waals surface area contributed by atoms with Crippen LogP contribution in [0.1, 0.15) is 16.0 Å². The van der Waals surface area contributed by atoms with E-state index < -0.39 is 0 Å². The first-order chi connectivity index (χ1) is 8.06. The molecule has 1 heterocycles. The topological polar surface area (TPSA) is 12.0 Å². The number of rotatable bonds is 3. The molecule has 0 aliphatic carbocycles. The van der Waals surface area contributed by atoms with E-state index in [1.807, 2.05) is 0 Å². The van der Waals surface area contributed by atoms with Gasteiger partial charge in [0.1, 0.15) is 0 Å². The van der Waals surface area contributed by atoms with Crippen LogP contribution in [0.4, 0.5) is 5.69 Å². The average molecular weight is 375 g/mol. The van der Waals surface area contributed by atoms with Gasteiger partial charge in [0.2, 0.25) is 0 Å². The van der Waals surface area contributed by atoms with Gasteiger partial charge in [-0.2, -0.15) is 0 Å². The molecule has 0 bridgehead atoms. The van der Waals surface area contributed by atoms with Gasteiger partial charge in [0.25, 0.3) is 0 Å². The Morgan fingerprint density at radius 3 is 2.29 bits per heavy atom. The zero-order valence-corrected chi connectivity index (χ0v) is 13.7. The molecule has 0 saturated heterocycles. The molecule has 4 heteroatoms. The average Bonchev–Trinajstić information content (AvgIpc) is 2.69. The second-order valence-corrected chi connectivity index (χ2v) is 6.71. The Labute approximate surface area is 123 Å². The van der Waals surface area contributed by atoms with Gasteiger partial charge in [-0.25, -0.2) is 0 Å². The monoisotopic (exact) mass is 373 g/mol. The molecule has 90 valence electrons. The Morgan fingerprint density at radius 2 is 1.76 bits per heavy atom. The van der Waals surface area contributed by atoms with Gasteiger partial charge in [-0.1, -0.05) is 15.9 Å². The van der Waals surface area contributed by atoms with Crippen molar-refractivity contribution in [3.8, 4) is 0 Å². The number of thiophene rings is 1. The van der Waals surface area contributed by atoms with Gasteiger partial charge < -0.3 is 5.32 Å². The van der Waals surface area contributed by atoms with Gasteiger partial charge in [-0.15, -0.1) is 11.3 Å². The summed E-state index contributed by atoms with van der Waals surface area (Å²) >= 11 is 8.81. The fourth-order valence-electron chi connectivity index (χ4n) is 1.68. The summed E-state index contributed by atoms with van der Waals surface area (Å²) in [6.45, 7) is 5.10. The quantitative estimate of drug-likeness (QED) is 0.747. The summed E-state index contributed by atoms with van der Waals surface area (Å²) in [5, 5.41) is 5.56. The predicted molar refractivity (Wildman–Crippen MR) is 83.0 cm³/mol. The Morgan fingerprint density at radius 1 is 1.12 bits per heavy atom. The second kappa shape index (κ2) is 5.55. The third-order valence-corrected chi connectivity index (χ3v) is 5.47. The molecule has 0 aliphatic rings. The maximum absolute atomic E-state index is 3.58. The van der Waals surface area contributed by atoms with Crippen LogP contribution in [0.2, 0.25) is 0 Å². The Balaban J connectivity index is 2.09. The first kappa shape index (κ1) is 13.1. The van der Waals surface area contributed by atoms with Crippen LogP contribution in [0, 0.1) is 13.8 Å². The predicted octanol–water partition coefficient (Wildman–Crippen LogP) is 5.50. The van der Waals surface area contributed by atoms with Crippen LogP contribution in [0.3, 0.4) is 0 Å². The van der Waals surface area contributed by atoms with E-state index in [-0.39, 0.29) is 0 Å². The Bertz CT molecular complexity index is 511. The van der Waals surface area contributed by atoms with Crippen LogP contribution in [0.25, 0.3) is 0 Å². The van der Waals surface area contributed by atoms with Gasteiger partial charge >= 0.3 is 0 Å². The van der Waals surface area contributed by atoms with Crippen molar-refractivity contribution >= 4 is 48.9 Å². The summed E-state index contributed by atoms with van der Waals surface area (Å²) in [7, 11) is 0. The summed E-state index contributed by atoms with van der Waals surface area (Å²) in [6, 6.07) is 6.48. The molecule has 0 fully saturated rings. The summed E-state index contributed by atoms with van der Waals surface area (Å²) < 4.78 is 2.35. The van der Waals surface area contributed by atoms with E-state index in [0.29, 0.717) is 0 Å². The van der Waals surface area contributed by atoms with Crippen molar-refractivity contribution in [3.05, 3.63) is 48.5 Å². The number of anilines is 1. The van der Waals surface area contributed by atoms with Gasteiger partial charge in [0.05, 0.1) is 0 Å². The van der Waals surface area contributed by atoms with E-state index in [9.17, 15) is 0 Å². The van der Waals surface area contributed by atoms with Crippen LogP contribution < -0.4 is 5.32 Å². The fraction of sp³-hybridized carbons (Fsp3) is 0.231. The van der Waals surface area contributed by atoms with Crippen LogP contribution >= 0.6 is 43.2 Å². The van der Waals surface area contributed by atoms with E-state index in [1.54, 1.807) is 11.3 Å². The van der Waals surface area contributed by atoms with Crippen molar-refractivity contribution in [1.82, 2.24) is 0 Å². The molecule has 0 amide bonds. The first-order valence-corrected chi connectivity index (χ1v) is 7.76. The van der Waals surface area contributed by atoms with Crippen LogP contribution in [0.5, 0.6) is 0 Å². The third-order valence-electron chi connectivity index (χ3n) is 2.52. The smallest absolute Gasteiger partial charge is 0.0494 e. The SMILES string of the molecule is Cc1cc(NCc2cc(Br)cs2)cc(C)c1Br. The molecule has 0 radical (unpaired) electrons. The summed E-state index contributed by atoms with van der Waals surface area (Å²) in [5.74, 6) is 0. The first-order valence-electron chi connectivity index (χ1n) is 5.30. The molecule has 2 rings (SSSR count).